The number of benzene rings is 2. The van der Waals surface area contributed by atoms with E-state index in [2.05, 4.69) is 10.6 Å². The Kier molecular flexibility index (Phi) is 5.87. The van der Waals surface area contributed by atoms with Crippen molar-refractivity contribution in [1.29, 1.82) is 0 Å². The van der Waals surface area contributed by atoms with Crippen LogP contribution in [0.25, 0.3) is 0 Å². The van der Waals surface area contributed by atoms with E-state index in [1.54, 1.807) is 19.1 Å². The van der Waals surface area contributed by atoms with Gasteiger partial charge in [-0.1, -0.05) is 48.5 Å². The zero-order valence-corrected chi connectivity index (χ0v) is 19.0. The van der Waals surface area contributed by atoms with Gasteiger partial charge in [0.2, 0.25) is 17.7 Å². The number of likely N-dealkylation sites (tertiary alicyclic amines) is 1. The molecule has 0 radical (unpaired) electrons. The maximum Gasteiger partial charge on any atom is 0.246 e. The van der Waals surface area contributed by atoms with Crippen LogP contribution >= 0.6 is 0 Å². The molecule has 2 bridgehead atoms. The second-order valence-corrected chi connectivity index (χ2v) is 9.39. The SMILES string of the molecule is C[C@H](CO)N1C(=O)[C@@H]2[C@@H](C(=O)Nc3ccccc3)[C@H]3CCC2(O3)C1C(=O)NCc1ccccc1. The summed E-state index contributed by atoms with van der Waals surface area (Å²) in [5.74, 6) is -2.38. The van der Waals surface area contributed by atoms with Gasteiger partial charge in [-0.05, 0) is 37.5 Å². The number of amides is 3. The Morgan fingerprint density at radius 1 is 1.12 bits per heavy atom. The molecule has 5 rings (SSSR count). The summed E-state index contributed by atoms with van der Waals surface area (Å²) in [4.78, 5) is 42.0. The highest BCUT2D eigenvalue weighted by Gasteiger charge is 2.74. The lowest BCUT2D eigenvalue weighted by Gasteiger charge is -2.35. The van der Waals surface area contributed by atoms with Crippen molar-refractivity contribution in [2.24, 2.45) is 11.8 Å². The highest BCUT2D eigenvalue weighted by molar-refractivity contribution is 6.02. The highest BCUT2D eigenvalue weighted by atomic mass is 16.5. The van der Waals surface area contributed by atoms with E-state index in [0.29, 0.717) is 25.1 Å². The molecule has 3 amide bonds. The number of aliphatic hydroxyl groups is 1. The average Bonchev–Trinajstić information content (AvgIpc) is 3.50. The van der Waals surface area contributed by atoms with E-state index in [4.69, 9.17) is 4.74 Å². The number of carbonyl (C=O) groups excluding carboxylic acids is 3. The van der Waals surface area contributed by atoms with E-state index >= 15 is 0 Å². The minimum atomic E-state index is -1.08. The molecule has 3 N–H and O–H groups in total. The van der Waals surface area contributed by atoms with Crippen molar-refractivity contribution in [1.82, 2.24) is 10.2 Å². The van der Waals surface area contributed by atoms with E-state index in [1.165, 1.54) is 4.90 Å². The zero-order chi connectivity index (χ0) is 23.9. The molecule has 3 heterocycles. The van der Waals surface area contributed by atoms with Crippen LogP contribution in [0.3, 0.4) is 0 Å². The van der Waals surface area contributed by atoms with Gasteiger partial charge < -0.3 is 25.4 Å². The summed E-state index contributed by atoms with van der Waals surface area (Å²) >= 11 is 0. The van der Waals surface area contributed by atoms with E-state index in [9.17, 15) is 19.5 Å². The van der Waals surface area contributed by atoms with Crippen molar-refractivity contribution >= 4 is 23.4 Å². The molecule has 0 saturated carbocycles. The summed E-state index contributed by atoms with van der Waals surface area (Å²) < 4.78 is 6.37. The van der Waals surface area contributed by atoms with Gasteiger partial charge in [0.05, 0.1) is 30.6 Å². The first kappa shape index (κ1) is 22.6. The van der Waals surface area contributed by atoms with E-state index < -0.39 is 35.6 Å². The topological polar surface area (TPSA) is 108 Å². The summed E-state index contributed by atoms with van der Waals surface area (Å²) in [5, 5.41) is 15.7. The van der Waals surface area contributed by atoms with Gasteiger partial charge in [-0.2, -0.15) is 0 Å². The quantitative estimate of drug-likeness (QED) is 0.579. The van der Waals surface area contributed by atoms with E-state index in [-0.39, 0.29) is 24.3 Å². The molecule has 3 aliphatic heterocycles. The molecule has 2 aromatic rings. The Balaban J connectivity index is 1.43. The normalized spacial score (nSPS) is 30.2. The molecule has 3 fully saturated rings. The molecule has 6 atom stereocenters. The van der Waals surface area contributed by atoms with Crippen LogP contribution in [0.1, 0.15) is 25.3 Å². The van der Waals surface area contributed by atoms with Gasteiger partial charge in [-0.3, -0.25) is 14.4 Å². The van der Waals surface area contributed by atoms with Gasteiger partial charge in [0.25, 0.3) is 0 Å². The third kappa shape index (κ3) is 3.58. The van der Waals surface area contributed by atoms with Crippen LogP contribution in [0.15, 0.2) is 60.7 Å². The molecule has 178 valence electrons. The molecule has 2 unspecified atom stereocenters. The van der Waals surface area contributed by atoms with Gasteiger partial charge >= 0.3 is 0 Å². The summed E-state index contributed by atoms with van der Waals surface area (Å²) in [6.07, 6.45) is 0.690. The minimum absolute atomic E-state index is 0.280. The molecular formula is C26H29N3O5. The first-order valence-electron chi connectivity index (χ1n) is 11.7. The predicted molar refractivity (Wildman–Crippen MR) is 124 cm³/mol. The lowest BCUT2D eigenvalue weighted by Crippen LogP contribution is -2.57. The fourth-order valence-corrected chi connectivity index (χ4v) is 5.88. The highest BCUT2D eigenvalue weighted by Crippen LogP contribution is 2.58. The minimum Gasteiger partial charge on any atom is -0.394 e. The maximum atomic E-state index is 13.7. The fraction of sp³-hybridized carbons (Fsp3) is 0.423. The number of para-hydroxylation sites is 1. The number of fused-ring (bicyclic) bond motifs is 1. The van der Waals surface area contributed by atoms with Gasteiger partial charge in [0.1, 0.15) is 11.6 Å². The van der Waals surface area contributed by atoms with Crippen molar-refractivity contribution in [2.45, 2.75) is 50.1 Å². The number of anilines is 1. The predicted octanol–water partition coefficient (Wildman–Crippen LogP) is 1.70. The molecular weight excluding hydrogens is 434 g/mol. The average molecular weight is 464 g/mol. The third-order valence-corrected chi connectivity index (χ3v) is 7.38. The number of ether oxygens (including phenoxy) is 1. The number of nitrogens with zero attached hydrogens (tertiary/aromatic N) is 1. The Labute approximate surface area is 198 Å². The van der Waals surface area contributed by atoms with E-state index in [1.807, 2.05) is 48.5 Å². The van der Waals surface area contributed by atoms with Crippen molar-refractivity contribution in [2.75, 3.05) is 11.9 Å². The smallest absolute Gasteiger partial charge is 0.246 e. The van der Waals surface area contributed by atoms with Crippen LogP contribution in [0.4, 0.5) is 5.69 Å². The molecule has 0 aliphatic carbocycles. The summed E-state index contributed by atoms with van der Waals surface area (Å²) in [6, 6.07) is 17.1. The fourth-order valence-electron chi connectivity index (χ4n) is 5.88. The number of hydrogen-bond donors (Lipinski definition) is 3. The molecule has 8 nitrogen and oxygen atoms in total. The first-order chi connectivity index (χ1) is 16.5. The van der Waals surface area contributed by atoms with Gasteiger partial charge in [0, 0.05) is 12.2 Å². The molecule has 3 aliphatic rings. The number of aliphatic hydroxyl groups excluding tert-OH is 1. The molecule has 3 saturated heterocycles. The summed E-state index contributed by atoms with van der Waals surface area (Å²) in [7, 11) is 0. The van der Waals surface area contributed by atoms with Crippen LogP contribution in [0.5, 0.6) is 0 Å². The van der Waals surface area contributed by atoms with Crippen LogP contribution in [0.2, 0.25) is 0 Å². The van der Waals surface area contributed by atoms with Crippen LogP contribution in [-0.2, 0) is 25.7 Å². The Bertz CT molecular complexity index is 1080. The monoisotopic (exact) mass is 463 g/mol. The molecule has 1 spiro atoms. The van der Waals surface area contributed by atoms with Crippen molar-refractivity contribution in [3.05, 3.63) is 66.2 Å². The molecule has 34 heavy (non-hydrogen) atoms. The van der Waals surface area contributed by atoms with E-state index in [0.717, 1.165) is 5.56 Å². The summed E-state index contributed by atoms with van der Waals surface area (Å²) in [5.41, 5.74) is 0.505. The Morgan fingerprint density at radius 3 is 2.47 bits per heavy atom. The van der Waals surface area contributed by atoms with Crippen molar-refractivity contribution < 1.29 is 24.2 Å². The summed E-state index contributed by atoms with van der Waals surface area (Å²) in [6.45, 7) is 1.73. The van der Waals surface area contributed by atoms with Crippen LogP contribution in [0, 0.1) is 11.8 Å². The second-order valence-electron chi connectivity index (χ2n) is 9.39. The second kappa shape index (κ2) is 8.85. The molecule has 2 aromatic carbocycles. The first-order valence-corrected chi connectivity index (χ1v) is 11.7. The van der Waals surface area contributed by atoms with Gasteiger partial charge in [0.15, 0.2) is 0 Å². The van der Waals surface area contributed by atoms with Crippen LogP contribution in [-0.4, -0.2) is 58.1 Å². The maximum absolute atomic E-state index is 13.7. The van der Waals surface area contributed by atoms with Crippen LogP contribution < -0.4 is 10.6 Å². The zero-order valence-electron chi connectivity index (χ0n) is 19.0. The Hall–Kier alpha value is -3.23. The van der Waals surface area contributed by atoms with Crippen molar-refractivity contribution in [3.63, 3.8) is 0 Å². The number of hydrogen-bond acceptors (Lipinski definition) is 5. The lowest BCUT2D eigenvalue weighted by atomic mass is 9.70. The standard InChI is InChI=1S/C26H29N3O5/c1-16(15-30)29-22(24(32)27-14-17-8-4-2-5-9-17)26-13-12-19(34-26)20(21(26)25(29)33)23(31)28-18-10-6-3-7-11-18/h2-11,16,19-22,30H,12-15H2,1H3,(H,27,32)(H,28,31)/t16-,19-,20+,21+,22?,26?/m1/s1. The van der Waals surface area contributed by atoms with Gasteiger partial charge in [-0.25, -0.2) is 0 Å². The number of nitrogens with one attached hydrogen (secondary N) is 2. The third-order valence-electron chi connectivity index (χ3n) is 7.38. The largest absolute Gasteiger partial charge is 0.394 e. The Morgan fingerprint density at radius 2 is 1.79 bits per heavy atom. The lowest BCUT2D eigenvalue weighted by molar-refractivity contribution is -0.144. The van der Waals surface area contributed by atoms with Crippen molar-refractivity contribution in [3.8, 4) is 0 Å². The number of rotatable bonds is 7. The molecule has 0 aromatic heterocycles. The number of carbonyl (C=O) groups is 3. The van der Waals surface area contributed by atoms with Gasteiger partial charge in [-0.15, -0.1) is 0 Å². The molecule has 8 heteroatoms.